The average Bonchev–Trinajstić information content (AvgIpc) is 3.02. The highest BCUT2D eigenvalue weighted by molar-refractivity contribution is 6.04. The molecule has 0 spiro atoms. The molecule has 1 heterocycles. The van der Waals surface area contributed by atoms with Gasteiger partial charge in [-0.15, -0.1) is 0 Å². The van der Waals surface area contributed by atoms with E-state index in [0.29, 0.717) is 46.1 Å². The number of esters is 1. The number of carbonyl (C=O) groups is 2. The molecular weight excluding hydrogens is 550 g/mol. The zero-order valence-corrected chi connectivity index (χ0v) is 24.6. The fraction of sp³-hybridized carbons (Fsp3) is 0.294. The van der Waals surface area contributed by atoms with Crippen molar-refractivity contribution in [3.05, 3.63) is 100 Å². The summed E-state index contributed by atoms with van der Waals surface area (Å²) in [6.45, 7) is 2.00. The fourth-order valence-corrected chi connectivity index (χ4v) is 5.75. The van der Waals surface area contributed by atoms with Crippen LogP contribution >= 0.6 is 0 Å². The Kier molecular flexibility index (Phi) is 8.90. The minimum absolute atomic E-state index is 0.0252. The van der Waals surface area contributed by atoms with Crippen LogP contribution in [-0.4, -0.2) is 51.4 Å². The molecular formula is C34H35NO8. The van der Waals surface area contributed by atoms with Crippen LogP contribution in [0.3, 0.4) is 0 Å². The average molecular weight is 586 g/mol. The van der Waals surface area contributed by atoms with Crippen molar-refractivity contribution < 1.29 is 38.4 Å². The van der Waals surface area contributed by atoms with E-state index in [1.165, 1.54) is 13.2 Å². The van der Waals surface area contributed by atoms with Crippen molar-refractivity contribution in [2.45, 2.75) is 31.6 Å². The SMILES string of the molecule is COc1cc([C@H]2C(C(=O)OCCOc3ccccc3)=C(C)NC3=C2C(=O)C[C@@H](c2ccc(OC)c(OC)c2)C3)ccc1O. The van der Waals surface area contributed by atoms with Gasteiger partial charge in [0, 0.05) is 29.3 Å². The number of ketones is 1. The molecule has 0 amide bonds. The van der Waals surface area contributed by atoms with E-state index in [4.69, 9.17) is 23.7 Å². The first-order chi connectivity index (χ1) is 20.8. The van der Waals surface area contributed by atoms with Crippen LogP contribution in [0, 0.1) is 0 Å². The standard InChI is InChI=1S/C34H35NO8/c1-20-31(34(38)43-15-14-42-24-8-6-5-7-9-24)32(22-10-12-26(36)29(19-22)40-3)33-25(35-20)16-23(17-27(33)37)21-11-13-28(39-2)30(18-21)41-4/h5-13,18-19,23,32,35-36H,14-17H2,1-4H3/t23-,32-/m0/s1. The lowest BCUT2D eigenvalue weighted by molar-refractivity contribution is -0.140. The van der Waals surface area contributed by atoms with Crippen LogP contribution in [-0.2, 0) is 14.3 Å². The number of methoxy groups -OCH3 is 3. The van der Waals surface area contributed by atoms with Crippen molar-refractivity contribution in [3.8, 4) is 28.7 Å². The molecule has 0 radical (unpaired) electrons. The number of para-hydroxylation sites is 1. The molecule has 2 N–H and O–H groups in total. The lowest BCUT2D eigenvalue weighted by Crippen LogP contribution is -2.36. The predicted molar refractivity (Wildman–Crippen MR) is 160 cm³/mol. The van der Waals surface area contributed by atoms with E-state index in [2.05, 4.69) is 5.32 Å². The number of ether oxygens (including phenoxy) is 5. The largest absolute Gasteiger partial charge is 0.504 e. The van der Waals surface area contributed by atoms with E-state index in [9.17, 15) is 14.7 Å². The van der Waals surface area contributed by atoms with Gasteiger partial charge in [0.1, 0.15) is 19.0 Å². The van der Waals surface area contributed by atoms with Gasteiger partial charge in [0.25, 0.3) is 0 Å². The van der Waals surface area contributed by atoms with Crippen molar-refractivity contribution in [1.29, 1.82) is 0 Å². The number of carbonyl (C=O) groups excluding carboxylic acids is 2. The number of hydrogen-bond donors (Lipinski definition) is 2. The number of phenolic OH excluding ortho intramolecular Hbond substituents is 1. The summed E-state index contributed by atoms with van der Waals surface area (Å²) in [7, 11) is 4.61. The van der Waals surface area contributed by atoms with E-state index in [0.717, 1.165) is 11.3 Å². The molecule has 43 heavy (non-hydrogen) atoms. The monoisotopic (exact) mass is 585 g/mol. The Balaban J connectivity index is 1.46. The quantitative estimate of drug-likeness (QED) is 0.239. The van der Waals surface area contributed by atoms with Crippen LogP contribution in [0.25, 0.3) is 0 Å². The van der Waals surface area contributed by atoms with Crippen molar-refractivity contribution in [1.82, 2.24) is 5.32 Å². The second kappa shape index (κ2) is 12.9. The van der Waals surface area contributed by atoms with Gasteiger partial charge in [-0.1, -0.05) is 30.3 Å². The minimum atomic E-state index is -0.716. The van der Waals surface area contributed by atoms with E-state index >= 15 is 0 Å². The van der Waals surface area contributed by atoms with Crippen LogP contribution in [0.5, 0.6) is 28.7 Å². The number of hydrogen-bond acceptors (Lipinski definition) is 9. The van der Waals surface area contributed by atoms with Gasteiger partial charge in [0.15, 0.2) is 28.8 Å². The summed E-state index contributed by atoms with van der Waals surface area (Å²) in [5.41, 5.74) is 3.74. The van der Waals surface area contributed by atoms with Crippen LogP contribution in [0.4, 0.5) is 0 Å². The number of phenols is 1. The third-order valence-corrected chi connectivity index (χ3v) is 7.79. The Hall–Kier alpha value is -4.92. The molecule has 0 saturated carbocycles. The Labute approximate surface area is 250 Å². The third-order valence-electron chi connectivity index (χ3n) is 7.79. The van der Waals surface area contributed by atoms with Gasteiger partial charge in [0.05, 0.1) is 26.9 Å². The number of nitrogens with one attached hydrogen (secondary N) is 1. The number of dihydropyridines is 1. The lowest BCUT2D eigenvalue weighted by atomic mass is 9.71. The molecule has 1 aliphatic carbocycles. The Morgan fingerprint density at radius 3 is 2.28 bits per heavy atom. The molecule has 9 nitrogen and oxygen atoms in total. The Bertz CT molecular complexity index is 1580. The maximum atomic E-state index is 14.0. The molecule has 3 aromatic rings. The first-order valence-electron chi connectivity index (χ1n) is 14.0. The molecule has 3 aromatic carbocycles. The summed E-state index contributed by atoms with van der Waals surface area (Å²) in [6, 6.07) is 19.8. The summed E-state index contributed by atoms with van der Waals surface area (Å²) < 4.78 is 27.6. The van der Waals surface area contributed by atoms with Crippen molar-refractivity contribution in [2.75, 3.05) is 34.5 Å². The number of benzene rings is 3. The molecule has 0 fully saturated rings. The van der Waals surface area contributed by atoms with Gasteiger partial charge in [0.2, 0.25) is 0 Å². The zero-order valence-electron chi connectivity index (χ0n) is 24.6. The highest BCUT2D eigenvalue weighted by Gasteiger charge is 2.41. The fourth-order valence-electron chi connectivity index (χ4n) is 5.75. The van der Waals surface area contributed by atoms with Gasteiger partial charge in [-0.3, -0.25) is 4.79 Å². The molecule has 0 bridgehead atoms. The number of aromatic hydroxyl groups is 1. The molecule has 5 rings (SSSR count). The van der Waals surface area contributed by atoms with E-state index in [1.54, 1.807) is 33.3 Å². The van der Waals surface area contributed by atoms with Gasteiger partial charge in [-0.2, -0.15) is 0 Å². The molecule has 2 atom stereocenters. The first kappa shape index (κ1) is 29.6. The van der Waals surface area contributed by atoms with Gasteiger partial charge < -0.3 is 34.1 Å². The number of Topliss-reactive ketones (excluding diaryl/α,β-unsaturated/α-hetero) is 1. The Morgan fingerprint density at radius 1 is 0.860 bits per heavy atom. The smallest absolute Gasteiger partial charge is 0.336 e. The molecule has 9 heteroatoms. The van der Waals surface area contributed by atoms with E-state index in [-0.39, 0.29) is 42.8 Å². The van der Waals surface area contributed by atoms with Crippen LogP contribution in [0.2, 0.25) is 0 Å². The summed E-state index contributed by atoms with van der Waals surface area (Å²) in [5.74, 6) is 0.616. The third kappa shape index (κ3) is 6.16. The second-order valence-corrected chi connectivity index (χ2v) is 10.4. The summed E-state index contributed by atoms with van der Waals surface area (Å²) in [5, 5.41) is 13.6. The summed E-state index contributed by atoms with van der Waals surface area (Å²) >= 11 is 0. The maximum Gasteiger partial charge on any atom is 0.336 e. The molecule has 0 saturated heterocycles. The lowest BCUT2D eigenvalue weighted by Gasteiger charge is -2.37. The highest BCUT2D eigenvalue weighted by atomic mass is 16.6. The zero-order chi connectivity index (χ0) is 30.5. The Morgan fingerprint density at radius 2 is 1.56 bits per heavy atom. The van der Waals surface area contributed by atoms with Crippen molar-refractivity contribution >= 4 is 11.8 Å². The van der Waals surface area contributed by atoms with Gasteiger partial charge in [-0.25, -0.2) is 4.79 Å². The van der Waals surface area contributed by atoms with Crippen LogP contribution in [0.1, 0.15) is 42.7 Å². The van der Waals surface area contributed by atoms with E-state index < -0.39 is 11.9 Å². The predicted octanol–water partition coefficient (Wildman–Crippen LogP) is 5.40. The van der Waals surface area contributed by atoms with Crippen LogP contribution in [0.15, 0.2) is 89.3 Å². The molecule has 0 aromatic heterocycles. The summed E-state index contributed by atoms with van der Waals surface area (Å²) in [4.78, 5) is 27.6. The molecule has 2 aliphatic rings. The molecule has 1 aliphatic heterocycles. The minimum Gasteiger partial charge on any atom is -0.504 e. The topological polar surface area (TPSA) is 113 Å². The van der Waals surface area contributed by atoms with E-state index in [1.807, 2.05) is 48.5 Å². The second-order valence-electron chi connectivity index (χ2n) is 10.4. The van der Waals surface area contributed by atoms with Gasteiger partial charge >= 0.3 is 5.97 Å². The molecule has 0 unspecified atom stereocenters. The number of allylic oxidation sites excluding steroid dienone is 3. The highest BCUT2D eigenvalue weighted by Crippen LogP contribution is 2.47. The first-order valence-corrected chi connectivity index (χ1v) is 14.0. The number of rotatable bonds is 10. The van der Waals surface area contributed by atoms with Gasteiger partial charge in [-0.05, 0) is 66.8 Å². The summed E-state index contributed by atoms with van der Waals surface area (Å²) in [6.07, 6.45) is 0.793. The van der Waals surface area contributed by atoms with Crippen molar-refractivity contribution in [2.24, 2.45) is 0 Å². The molecule has 224 valence electrons. The van der Waals surface area contributed by atoms with Crippen molar-refractivity contribution in [3.63, 3.8) is 0 Å². The normalized spacial score (nSPS) is 18.0. The van der Waals surface area contributed by atoms with Crippen LogP contribution < -0.4 is 24.3 Å². The maximum absolute atomic E-state index is 14.0.